The third-order valence-electron chi connectivity index (χ3n) is 5.06. The van der Waals surface area contributed by atoms with Crippen molar-refractivity contribution in [1.82, 2.24) is 14.5 Å². The van der Waals surface area contributed by atoms with Gasteiger partial charge in [0.15, 0.2) is 22.4 Å². The van der Waals surface area contributed by atoms with Gasteiger partial charge in [0.05, 0.1) is 20.5 Å². The first-order valence-electron chi connectivity index (χ1n) is 10.1. The van der Waals surface area contributed by atoms with Gasteiger partial charge in [-0.05, 0) is 30.3 Å². The van der Waals surface area contributed by atoms with Crippen molar-refractivity contribution in [2.75, 3.05) is 19.5 Å². The summed E-state index contributed by atoms with van der Waals surface area (Å²) in [6.45, 7) is 0. The Balaban J connectivity index is 1.71. The SMILES string of the molecule is COC(=O)c1csc(NC(=O)[C@H](Cc2ccco2)n2c(O)c(-c3ccc(OC)c(F)c3)[nH]c2=O)n1. The number of anilines is 1. The van der Waals surface area contributed by atoms with Crippen LogP contribution >= 0.6 is 11.3 Å². The van der Waals surface area contributed by atoms with Gasteiger partial charge in [-0.25, -0.2) is 23.5 Å². The lowest BCUT2D eigenvalue weighted by Gasteiger charge is -2.16. The molecule has 4 rings (SSSR count). The maximum atomic E-state index is 14.2. The quantitative estimate of drug-likeness (QED) is 0.312. The molecule has 4 aromatic rings. The number of thiazole rings is 1. The largest absolute Gasteiger partial charge is 0.494 e. The van der Waals surface area contributed by atoms with Crippen LogP contribution in [0.2, 0.25) is 0 Å². The summed E-state index contributed by atoms with van der Waals surface area (Å²) in [4.78, 5) is 44.2. The van der Waals surface area contributed by atoms with Crippen molar-refractivity contribution in [2.24, 2.45) is 0 Å². The zero-order chi connectivity index (χ0) is 25.1. The highest BCUT2D eigenvalue weighted by atomic mass is 32.1. The van der Waals surface area contributed by atoms with Crippen LogP contribution < -0.4 is 15.7 Å². The summed E-state index contributed by atoms with van der Waals surface area (Å²) in [6, 6.07) is 5.80. The van der Waals surface area contributed by atoms with E-state index in [1.165, 1.54) is 38.0 Å². The summed E-state index contributed by atoms with van der Waals surface area (Å²) in [5.41, 5.74) is -0.733. The first kappa shape index (κ1) is 23.8. The van der Waals surface area contributed by atoms with Crippen LogP contribution in [0.3, 0.4) is 0 Å². The van der Waals surface area contributed by atoms with Crippen molar-refractivity contribution < 1.29 is 33.0 Å². The summed E-state index contributed by atoms with van der Waals surface area (Å²) in [7, 11) is 2.51. The Labute approximate surface area is 200 Å². The predicted molar refractivity (Wildman–Crippen MR) is 122 cm³/mol. The summed E-state index contributed by atoms with van der Waals surface area (Å²) in [6.07, 6.45) is 1.30. The minimum Gasteiger partial charge on any atom is -0.494 e. The van der Waals surface area contributed by atoms with Crippen LogP contribution in [0.4, 0.5) is 9.52 Å². The Bertz CT molecular complexity index is 1420. The number of carbonyl (C=O) groups excluding carboxylic acids is 2. The molecule has 0 aliphatic carbocycles. The minimum atomic E-state index is -1.28. The summed E-state index contributed by atoms with van der Waals surface area (Å²) < 4.78 is 29.9. The number of esters is 1. The fourth-order valence-corrected chi connectivity index (χ4v) is 4.07. The van der Waals surface area contributed by atoms with E-state index in [4.69, 9.17) is 9.15 Å². The lowest BCUT2D eigenvalue weighted by atomic mass is 10.1. The first-order chi connectivity index (χ1) is 16.8. The molecule has 11 nitrogen and oxygen atoms in total. The molecular weight excluding hydrogens is 483 g/mol. The van der Waals surface area contributed by atoms with Gasteiger partial charge < -0.3 is 29.3 Å². The van der Waals surface area contributed by atoms with Crippen LogP contribution in [0, 0.1) is 5.82 Å². The number of hydrogen-bond donors (Lipinski definition) is 3. The third kappa shape index (κ3) is 4.80. The number of rotatable bonds is 8. The topological polar surface area (TPSA) is 149 Å². The van der Waals surface area contributed by atoms with Crippen molar-refractivity contribution in [2.45, 2.75) is 12.5 Å². The van der Waals surface area contributed by atoms with E-state index in [0.717, 1.165) is 22.0 Å². The lowest BCUT2D eigenvalue weighted by Crippen LogP contribution is -2.33. The van der Waals surface area contributed by atoms with E-state index in [0.29, 0.717) is 5.76 Å². The second kappa shape index (κ2) is 9.85. The number of aromatic nitrogens is 3. The molecule has 35 heavy (non-hydrogen) atoms. The average molecular weight is 502 g/mol. The number of furan rings is 1. The van der Waals surface area contributed by atoms with E-state index < -0.39 is 35.3 Å². The second-order valence-corrected chi connectivity index (χ2v) is 8.02. The molecule has 0 saturated carbocycles. The number of benzene rings is 1. The minimum absolute atomic E-state index is 0.000798. The third-order valence-corrected chi connectivity index (χ3v) is 5.82. The number of nitrogens with zero attached hydrogens (tertiary/aromatic N) is 2. The van der Waals surface area contributed by atoms with E-state index in [-0.39, 0.29) is 34.3 Å². The number of H-pyrrole nitrogens is 1. The first-order valence-corrected chi connectivity index (χ1v) is 10.9. The smallest absolute Gasteiger partial charge is 0.357 e. The monoisotopic (exact) mass is 502 g/mol. The zero-order valence-corrected chi connectivity index (χ0v) is 19.2. The molecule has 1 aromatic carbocycles. The highest BCUT2D eigenvalue weighted by molar-refractivity contribution is 7.14. The predicted octanol–water partition coefficient (Wildman–Crippen LogP) is 2.96. The van der Waals surface area contributed by atoms with Crippen molar-refractivity contribution >= 4 is 28.3 Å². The molecule has 0 bridgehead atoms. The maximum Gasteiger partial charge on any atom is 0.357 e. The molecule has 0 aliphatic heterocycles. The molecule has 0 fully saturated rings. The van der Waals surface area contributed by atoms with Crippen LogP contribution in [0.25, 0.3) is 11.3 Å². The highest BCUT2D eigenvalue weighted by Gasteiger charge is 2.30. The van der Waals surface area contributed by atoms with Gasteiger partial charge in [-0.3, -0.25) is 4.79 Å². The number of carbonyl (C=O) groups is 2. The van der Waals surface area contributed by atoms with E-state index in [1.807, 2.05) is 0 Å². The fourth-order valence-electron chi connectivity index (χ4n) is 3.39. The van der Waals surface area contributed by atoms with Gasteiger partial charge >= 0.3 is 11.7 Å². The highest BCUT2D eigenvalue weighted by Crippen LogP contribution is 2.32. The number of methoxy groups -OCH3 is 2. The van der Waals surface area contributed by atoms with E-state index in [2.05, 4.69) is 20.0 Å². The molecule has 1 atom stereocenters. The molecule has 0 saturated heterocycles. The number of imidazole rings is 1. The molecule has 0 unspecified atom stereocenters. The van der Waals surface area contributed by atoms with Crippen LogP contribution in [-0.2, 0) is 16.0 Å². The molecule has 13 heteroatoms. The number of hydrogen-bond acceptors (Lipinski definition) is 9. The molecular formula is C22H19FN4O7S. The maximum absolute atomic E-state index is 14.2. The molecule has 0 spiro atoms. The van der Waals surface area contributed by atoms with E-state index in [9.17, 15) is 23.9 Å². The Hall–Kier alpha value is -4.39. The summed E-state index contributed by atoms with van der Waals surface area (Å²) in [5.74, 6) is -2.32. The molecule has 3 N–H and O–H groups in total. The average Bonchev–Trinajstić information content (AvgIpc) is 3.58. The van der Waals surface area contributed by atoms with Crippen LogP contribution in [0.15, 0.2) is 51.2 Å². The number of nitrogens with one attached hydrogen (secondary N) is 2. The van der Waals surface area contributed by atoms with Gasteiger partial charge in [-0.1, -0.05) is 0 Å². The molecule has 182 valence electrons. The van der Waals surface area contributed by atoms with Crippen LogP contribution in [-0.4, -0.2) is 45.7 Å². The number of aromatic hydroxyl groups is 1. The molecule has 3 heterocycles. The van der Waals surface area contributed by atoms with Gasteiger partial charge in [0.1, 0.15) is 17.5 Å². The van der Waals surface area contributed by atoms with Gasteiger partial charge in [0.25, 0.3) is 0 Å². The summed E-state index contributed by atoms with van der Waals surface area (Å²) in [5, 5.41) is 14.9. The van der Waals surface area contributed by atoms with E-state index >= 15 is 0 Å². The number of aromatic amines is 1. The molecule has 3 aromatic heterocycles. The Morgan fingerprint density at radius 3 is 2.80 bits per heavy atom. The molecule has 1 amide bonds. The van der Waals surface area contributed by atoms with Gasteiger partial charge in [0.2, 0.25) is 11.8 Å². The van der Waals surface area contributed by atoms with Crippen LogP contribution in [0.5, 0.6) is 11.6 Å². The van der Waals surface area contributed by atoms with Gasteiger partial charge in [0, 0.05) is 17.4 Å². The van der Waals surface area contributed by atoms with Crippen molar-refractivity contribution in [1.29, 1.82) is 0 Å². The van der Waals surface area contributed by atoms with Crippen molar-refractivity contribution in [3.8, 4) is 22.9 Å². The van der Waals surface area contributed by atoms with E-state index in [1.54, 1.807) is 12.1 Å². The number of ether oxygens (including phenoxy) is 2. The Kier molecular flexibility index (Phi) is 6.68. The fraction of sp³-hybridized carbons (Fsp3) is 0.182. The van der Waals surface area contributed by atoms with Gasteiger partial charge in [-0.2, -0.15) is 0 Å². The Morgan fingerprint density at radius 1 is 1.34 bits per heavy atom. The second-order valence-electron chi connectivity index (χ2n) is 7.17. The summed E-state index contributed by atoms with van der Waals surface area (Å²) >= 11 is 0.979. The number of amides is 1. The number of halogens is 1. The molecule has 0 radical (unpaired) electrons. The normalized spacial score (nSPS) is 11.7. The molecule has 0 aliphatic rings. The van der Waals surface area contributed by atoms with Crippen molar-refractivity contribution in [3.63, 3.8) is 0 Å². The zero-order valence-electron chi connectivity index (χ0n) is 18.4. The Morgan fingerprint density at radius 2 is 2.14 bits per heavy atom. The standard InChI is InChI=1S/C22H19FN4O7S/c1-32-16-6-5-11(8-13(16)23)17-19(29)27(22(31)25-17)15(9-12-4-3-7-34-12)18(28)26-21-24-14(10-35-21)20(30)33-2/h3-8,10,15,29H,9H2,1-2H3,(H,25,31)(H,24,26,28)/t15-/m0/s1. The van der Waals surface area contributed by atoms with Crippen LogP contribution in [0.1, 0.15) is 22.3 Å². The lowest BCUT2D eigenvalue weighted by molar-refractivity contribution is -0.119. The van der Waals surface area contributed by atoms with Gasteiger partial charge in [-0.15, -0.1) is 11.3 Å². The van der Waals surface area contributed by atoms with Crippen molar-refractivity contribution in [3.05, 3.63) is 69.7 Å².